The Balaban J connectivity index is 2.83. The Bertz CT molecular complexity index is 475. The number of hydrogen-bond donors (Lipinski definition) is 2. The van der Waals surface area contributed by atoms with E-state index in [9.17, 15) is 9.59 Å². The number of carbonyl (C=O) groups excluding carboxylic acids is 2. The van der Waals surface area contributed by atoms with Crippen molar-refractivity contribution in [1.29, 1.82) is 0 Å². The Morgan fingerprint density at radius 3 is 2.63 bits per heavy atom. The average Bonchev–Trinajstić information content (AvgIpc) is 2.56. The number of aryl methyl sites for hydroxylation is 1. The summed E-state index contributed by atoms with van der Waals surface area (Å²) in [5.74, 6) is -0.631. The van der Waals surface area contributed by atoms with Crippen LogP contribution in [0.1, 0.15) is 42.4 Å². The van der Waals surface area contributed by atoms with E-state index in [1.807, 2.05) is 6.92 Å². The summed E-state index contributed by atoms with van der Waals surface area (Å²) in [4.78, 5) is 24.5. The molecule has 0 unspecified atom stereocenters. The molecule has 0 saturated carbocycles. The molecule has 0 radical (unpaired) electrons. The zero-order valence-electron chi connectivity index (χ0n) is 11.7. The van der Waals surface area contributed by atoms with Crippen molar-refractivity contribution in [3.8, 4) is 0 Å². The van der Waals surface area contributed by atoms with Gasteiger partial charge in [0.25, 0.3) is 0 Å². The summed E-state index contributed by atoms with van der Waals surface area (Å²) in [5, 5.41) is 3.24. The van der Waals surface area contributed by atoms with Crippen LogP contribution in [0.25, 0.3) is 0 Å². The standard InChI is InChI=1S/C13H20N2O3S/c1-5-18-12(17)9-6-8(2)19-11(9)15-10(16)7-13(3,4)14/h6H,5,7,14H2,1-4H3,(H,15,16). The zero-order chi connectivity index (χ0) is 14.6. The first-order valence-electron chi connectivity index (χ1n) is 6.09. The molecule has 1 aromatic rings. The van der Waals surface area contributed by atoms with E-state index in [0.29, 0.717) is 17.2 Å². The van der Waals surface area contributed by atoms with Gasteiger partial charge in [-0.15, -0.1) is 11.3 Å². The van der Waals surface area contributed by atoms with Gasteiger partial charge in [-0.05, 0) is 33.8 Å². The van der Waals surface area contributed by atoms with Gasteiger partial charge in [0.05, 0.1) is 12.2 Å². The number of rotatable bonds is 5. The van der Waals surface area contributed by atoms with E-state index >= 15 is 0 Å². The van der Waals surface area contributed by atoms with E-state index in [-0.39, 0.29) is 12.3 Å². The molecule has 0 aliphatic carbocycles. The van der Waals surface area contributed by atoms with Crippen molar-refractivity contribution >= 4 is 28.2 Å². The molecule has 1 rings (SSSR count). The van der Waals surface area contributed by atoms with E-state index in [2.05, 4.69) is 5.32 Å². The van der Waals surface area contributed by atoms with Crippen LogP contribution in [0.2, 0.25) is 0 Å². The minimum atomic E-state index is -0.583. The van der Waals surface area contributed by atoms with Crippen LogP contribution in [0.5, 0.6) is 0 Å². The lowest BCUT2D eigenvalue weighted by atomic mass is 10.0. The molecule has 0 aromatic carbocycles. The number of esters is 1. The van der Waals surface area contributed by atoms with Gasteiger partial charge in [0.15, 0.2) is 0 Å². The maximum Gasteiger partial charge on any atom is 0.341 e. The molecule has 1 heterocycles. The molecular formula is C13H20N2O3S. The van der Waals surface area contributed by atoms with Crippen LogP contribution in [-0.2, 0) is 9.53 Å². The zero-order valence-corrected chi connectivity index (χ0v) is 12.5. The van der Waals surface area contributed by atoms with E-state index < -0.39 is 11.5 Å². The Hall–Kier alpha value is -1.40. The predicted molar refractivity (Wildman–Crippen MR) is 76.5 cm³/mol. The topological polar surface area (TPSA) is 81.4 Å². The van der Waals surface area contributed by atoms with Crippen molar-refractivity contribution in [2.75, 3.05) is 11.9 Å². The van der Waals surface area contributed by atoms with Crippen molar-refractivity contribution in [2.24, 2.45) is 5.73 Å². The lowest BCUT2D eigenvalue weighted by molar-refractivity contribution is -0.117. The minimum Gasteiger partial charge on any atom is -0.462 e. The molecule has 1 amide bonds. The van der Waals surface area contributed by atoms with Crippen molar-refractivity contribution in [3.05, 3.63) is 16.5 Å². The molecule has 0 bridgehead atoms. The Kier molecular flexibility index (Phi) is 5.08. The molecule has 0 saturated heterocycles. The molecule has 1 aromatic heterocycles. The van der Waals surface area contributed by atoms with Crippen LogP contribution in [0, 0.1) is 6.92 Å². The fraction of sp³-hybridized carbons (Fsp3) is 0.538. The number of nitrogens with two attached hydrogens (primary N) is 1. The molecule has 5 nitrogen and oxygen atoms in total. The number of thiophene rings is 1. The number of anilines is 1. The van der Waals surface area contributed by atoms with Crippen LogP contribution in [-0.4, -0.2) is 24.0 Å². The molecule has 106 valence electrons. The number of amides is 1. The summed E-state index contributed by atoms with van der Waals surface area (Å²) in [7, 11) is 0. The fourth-order valence-electron chi connectivity index (χ4n) is 1.55. The Morgan fingerprint density at radius 1 is 1.47 bits per heavy atom. The monoisotopic (exact) mass is 284 g/mol. The Morgan fingerprint density at radius 2 is 2.11 bits per heavy atom. The molecular weight excluding hydrogens is 264 g/mol. The third-order valence-electron chi connectivity index (χ3n) is 2.22. The van der Waals surface area contributed by atoms with Gasteiger partial charge in [0, 0.05) is 16.8 Å². The molecule has 0 fully saturated rings. The second kappa shape index (κ2) is 6.16. The first-order valence-corrected chi connectivity index (χ1v) is 6.91. The summed E-state index contributed by atoms with van der Waals surface area (Å²) in [5.41, 5.74) is 5.60. The van der Waals surface area contributed by atoms with Gasteiger partial charge in [-0.2, -0.15) is 0 Å². The largest absolute Gasteiger partial charge is 0.462 e. The third-order valence-corrected chi connectivity index (χ3v) is 3.19. The maximum atomic E-state index is 11.8. The van der Waals surface area contributed by atoms with Crippen LogP contribution < -0.4 is 11.1 Å². The highest BCUT2D eigenvalue weighted by Crippen LogP contribution is 2.28. The first kappa shape index (κ1) is 15.7. The summed E-state index contributed by atoms with van der Waals surface area (Å²) in [6.45, 7) is 7.47. The van der Waals surface area contributed by atoms with Gasteiger partial charge in [0.1, 0.15) is 5.00 Å². The highest BCUT2D eigenvalue weighted by atomic mass is 32.1. The highest BCUT2D eigenvalue weighted by molar-refractivity contribution is 7.16. The molecule has 0 spiro atoms. The summed E-state index contributed by atoms with van der Waals surface area (Å²) in [6.07, 6.45) is 0.187. The number of carbonyl (C=O) groups is 2. The lowest BCUT2D eigenvalue weighted by Crippen LogP contribution is -2.36. The predicted octanol–water partition coefficient (Wildman–Crippen LogP) is 2.30. The van der Waals surface area contributed by atoms with E-state index in [4.69, 9.17) is 10.5 Å². The van der Waals surface area contributed by atoms with E-state index in [0.717, 1.165) is 4.88 Å². The highest BCUT2D eigenvalue weighted by Gasteiger charge is 2.21. The SMILES string of the molecule is CCOC(=O)c1cc(C)sc1NC(=O)CC(C)(C)N. The minimum absolute atomic E-state index is 0.187. The molecule has 0 aliphatic rings. The average molecular weight is 284 g/mol. The van der Waals surface area contributed by atoms with Crippen LogP contribution in [0.4, 0.5) is 5.00 Å². The van der Waals surface area contributed by atoms with Crippen molar-refractivity contribution in [1.82, 2.24) is 0 Å². The van der Waals surface area contributed by atoms with Gasteiger partial charge in [-0.1, -0.05) is 0 Å². The van der Waals surface area contributed by atoms with Crippen LogP contribution in [0.15, 0.2) is 6.07 Å². The van der Waals surface area contributed by atoms with Gasteiger partial charge in [-0.25, -0.2) is 4.79 Å². The van der Waals surface area contributed by atoms with Gasteiger partial charge in [0.2, 0.25) is 5.91 Å². The van der Waals surface area contributed by atoms with Gasteiger partial charge < -0.3 is 15.8 Å². The summed E-state index contributed by atoms with van der Waals surface area (Å²) in [6, 6.07) is 1.71. The van der Waals surface area contributed by atoms with E-state index in [1.54, 1.807) is 26.8 Å². The van der Waals surface area contributed by atoms with Gasteiger partial charge >= 0.3 is 5.97 Å². The summed E-state index contributed by atoms with van der Waals surface area (Å²) < 4.78 is 4.96. The normalized spacial score (nSPS) is 11.2. The van der Waals surface area contributed by atoms with Gasteiger partial charge in [-0.3, -0.25) is 4.79 Å². The third kappa shape index (κ3) is 5.00. The quantitative estimate of drug-likeness (QED) is 0.813. The molecule has 6 heteroatoms. The molecule has 0 atom stereocenters. The smallest absolute Gasteiger partial charge is 0.341 e. The Labute approximate surface area is 117 Å². The molecule has 19 heavy (non-hydrogen) atoms. The van der Waals surface area contributed by atoms with Crippen LogP contribution in [0.3, 0.4) is 0 Å². The number of nitrogens with one attached hydrogen (secondary N) is 1. The van der Waals surface area contributed by atoms with Crippen molar-refractivity contribution in [3.63, 3.8) is 0 Å². The number of ether oxygens (including phenoxy) is 1. The lowest BCUT2D eigenvalue weighted by Gasteiger charge is -2.17. The second-order valence-corrected chi connectivity index (χ2v) is 6.29. The second-order valence-electron chi connectivity index (χ2n) is 5.03. The van der Waals surface area contributed by atoms with E-state index in [1.165, 1.54) is 11.3 Å². The maximum absolute atomic E-state index is 11.8. The van der Waals surface area contributed by atoms with Crippen molar-refractivity contribution < 1.29 is 14.3 Å². The van der Waals surface area contributed by atoms with Crippen molar-refractivity contribution in [2.45, 2.75) is 39.7 Å². The first-order chi connectivity index (χ1) is 8.73. The number of hydrogen-bond acceptors (Lipinski definition) is 5. The molecule has 3 N–H and O–H groups in total. The fourth-order valence-corrected chi connectivity index (χ4v) is 2.47. The molecule has 0 aliphatic heterocycles. The van der Waals surface area contributed by atoms with Crippen LogP contribution >= 0.6 is 11.3 Å². The summed E-state index contributed by atoms with van der Waals surface area (Å²) >= 11 is 1.35.